The lowest BCUT2D eigenvalue weighted by Crippen LogP contribution is -2.15. The van der Waals surface area contributed by atoms with Crippen LogP contribution in [-0.4, -0.2) is 7.11 Å². The molecule has 1 aromatic heterocycles. The molecule has 19 heavy (non-hydrogen) atoms. The Morgan fingerprint density at radius 2 is 2.05 bits per heavy atom. The normalized spacial score (nSPS) is 12.5. The van der Waals surface area contributed by atoms with Crippen molar-refractivity contribution < 1.29 is 4.74 Å². The molecule has 1 unspecified atom stereocenters. The molecular weight excluding hydrogens is 278 g/mol. The third-order valence-electron chi connectivity index (χ3n) is 2.99. The maximum atomic E-state index is 6.16. The van der Waals surface area contributed by atoms with E-state index in [1.54, 1.807) is 18.4 Å². The topological polar surface area (TPSA) is 21.3 Å². The Labute approximate surface area is 123 Å². The van der Waals surface area contributed by atoms with E-state index in [1.165, 1.54) is 4.88 Å². The highest BCUT2D eigenvalue weighted by Gasteiger charge is 2.17. The highest BCUT2D eigenvalue weighted by atomic mass is 35.5. The molecule has 0 radical (unpaired) electrons. The molecule has 4 heteroatoms. The zero-order chi connectivity index (χ0) is 13.8. The second-order valence-electron chi connectivity index (χ2n) is 4.73. The summed E-state index contributed by atoms with van der Waals surface area (Å²) in [5, 5.41) is 6.27. The average molecular weight is 296 g/mol. The molecule has 0 aliphatic carbocycles. The molecule has 0 aliphatic rings. The zero-order valence-electron chi connectivity index (χ0n) is 11.3. The van der Waals surface area contributed by atoms with Gasteiger partial charge in [-0.25, -0.2) is 0 Å². The number of nitrogens with one attached hydrogen (secondary N) is 1. The van der Waals surface area contributed by atoms with Gasteiger partial charge in [0.1, 0.15) is 5.75 Å². The second-order valence-corrected chi connectivity index (χ2v) is 6.12. The van der Waals surface area contributed by atoms with Crippen LogP contribution in [0.5, 0.6) is 5.75 Å². The quantitative estimate of drug-likeness (QED) is 0.816. The van der Waals surface area contributed by atoms with E-state index in [2.05, 4.69) is 36.7 Å². The van der Waals surface area contributed by atoms with Gasteiger partial charge in [0, 0.05) is 10.6 Å². The number of anilines is 1. The molecule has 1 aromatic carbocycles. The largest absolute Gasteiger partial charge is 0.495 e. The van der Waals surface area contributed by atoms with Crippen molar-refractivity contribution in [1.29, 1.82) is 0 Å². The van der Waals surface area contributed by atoms with Crippen LogP contribution in [0.4, 0.5) is 5.69 Å². The first-order chi connectivity index (χ1) is 9.11. The first-order valence-electron chi connectivity index (χ1n) is 6.25. The molecule has 1 heterocycles. The fourth-order valence-corrected chi connectivity index (χ4v) is 3.18. The Bertz CT molecular complexity index is 525. The molecule has 2 rings (SSSR count). The summed E-state index contributed by atoms with van der Waals surface area (Å²) in [5.74, 6) is 1.20. The summed E-state index contributed by atoms with van der Waals surface area (Å²) in [6.45, 7) is 4.42. The Morgan fingerprint density at radius 3 is 2.58 bits per heavy atom. The summed E-state index contributed by atoms with van der Waals surface area (Å²) >= 11 is 7.93. The minimum absolute atomic E-state index is 0.296. The lowest BCUT2D eigenvalue weighted by Gasteiger charge is -2.22. The molecule has 0 saturated heterocycles. The highest BCUT2D eigenvalue weighted by Crippen LogP contribution is 2.33. The van der Waals surface area contributed by atoms with Gasteiger partial charge in [0.15, 0.2) is 0 Å². The van der Waals surface area contributed by atoms with E-state index in [1.807, 2.05) is 18.2 Å². The minimum Gasteiger partial charge on any atom is -0.495 e. The van der Waals surface area contributed by atoms with Crippen LogP contribution in [0, 0.1) is 5.92 Å². The van der Waals surface area contributed by atoms with Crippen molar-refractivity contribution in [2.45, 2.75) is 19.9 Å². The van der Waals surface area contributed by atoms with Crippen molar-refractivity contribution in [2.24, 2.45) is 5.92 Å². The third-order valence-corrected chi connectivity index (χ3v) is 4.24. The van der Waals surface area contributed by atoms with Crippen molar-refractivity contribution in [3.8, 4) is 5.75 Å². The van der Waals surface area contributed by atoms with Crippen molar-refractivity contribution in [1.82, 2.24) is 0 Å². The van der Waals surface area contributed by atoms with Gasteiger partial charge in [0.05, 0.1) is 18.2 Å². The van der Waals surface area contributed by atoms with Gasteiger partial charge in [-0.1, -0.05) is 31.5 Å². The predicted octanol–water partition coefficient (Wildman–Crippen LogP) is 5.22. The van der Waals surface area contributed by atoms with Gasteiger partial charge < -0.3 is 10.1 Å². The van der Waals surface area contributed by atoms with Crippen molar-refractivity contribution in [2.75, 3.05) is 12.4 Å². The molecule has 1 atom stereocenters. The Balaban J connectivity index is 2.20. The monoisotopic (exact) mass is 295 g/mol. The van der Waals surface area contributed by atoms with E-state index < -0.39 is 0 Å². The molecule has 0 saturated carbocycles. The average Bonchev–Trinajstić information content (AvgIpc) is 2.89. The van der Waals surface area contributed by atoms with E-state index in [9.17, 15) is 0 Å². The maximum Gasteiger partial charge on any atom is 0.137 e. The van der Waals surface area contributed by atoms with Crippen LogP contribution >= 0.6 is 22.9 Å². The number of halogens is 1. The van der Waals surface area contributed by atoms with Crippen LogP contribution in [0.15, 0.2) is 35.7 Å². The maximum absolute atomic E-state index is 6.16. The van der Waals surface area contributed by atoms with Gasteiger partial charge in [-0.15, -0.1) is 11.3 Å². The summed E-state index contributed by atoms with van der Waals surface area (Å²) in [6.07, 6.45) is 0. The summed E-state index contributed by atoms with van der Waals surface area (Å²) in [4.78, 5) is 1.34. The lowest BCUT2D eigenvalue weighted by atomic mass is 10.0. The number of thiophene rings is 1. The van der Waals surface area contributed by atoms with Gasteiger partial charge in [-0.2, -0.15) is 0 Å². The molecule has 2 nitrogen and oxygen atoms in total. The highest BCUT2D eigenvalue weighted by molar-refractivity contribution is 7.10. The van der Waals surface area contributed by atoms with Gasteiger partial charge in [-0.05, 0) is 35.6 Å². The molecule has 1 N–H and O–H groups in total. The number of hydrogen-bond donors (Lipinski definition) is 1. The van der Waals surface area contributed by atoms with Crippen molar-refractivity contribution in [3.63, 3.8) is 0 Å². The number of benzene rings is 1. The summed E-state index contributed by atoms with van der Waals surface area (Å²) in [5.41, 5.74) is 1.01. The first kappa shape index (κ1) is 14.2. The molecule has 0 fully saturated rings. The standard InChI is InChI=1S/C15H18ClNOS/c1-10(2)15(14-5-4-8-19-14)17-11-6-7-13(18-3)12(16)9-11/h4-10,15,17H,1-3H3. The number of methoxy groups -OCH3 is 1. The molecular formula is C15H18ClNOS. The van der Waals surface area contributed by atoms with E-state index >= 15 is 0 Å². The molecule has 102 valence electrons. The predicted molar refractivity (Wildman–Crippen MR) is 83.5 cm³/mol. The summed E-state index contributed by atoms with van der Waals surface area (Å²) in [6, 6.07) is 10.3. The van der Waals surface area contributed by atoms with Crippen LogP contribution in [0.2, 0.25) is 5.02 Å². The van der Waals surface area contributed by atoms with Crippen LogP contribution in [0.25, 0.3) is 0 Å². The van der Waals surface area contributed by atoms with Crippen LogP contribution in [-0.2, 0) is 0 Å². The van der Waals surface area contributed by atoms with Gasteiger partial charge in [0.25, 0.3) is 0 Å². The molecule has 2 aromatic rings. The van der Waals surface area contributed by atoms with Gasteiger partial charge in [-0.3, -0.25) is 0 Å². The van der Waals surface area contributed by atoms with Crippen LogP contribution in [0.3, 0.4) is 0 Å². The van der Waals surface area contributed by atoms with E-state index in [4.69, 9.17) is 16.3 Å². The smallest absolute Gasteiger partial charge is 0.137 e. The Hall–Kier alpha value is -1.19. The van der Waals surface area contributed by atoms with Gasteiger partial charge >= 0.3 is 0 Å². The SMILES string of the molecule is COc1ccc(NC(c2cccs2)C(C)C)cc1Cl. The summed E-state index contributed by atoms with van der Waals surface area (Å²) < 4.78 is 5.17. The van der Waals surface area contributed by atoms with Crippen molar-refractivity contribution in [3.05, 3.63) is 45.6 Å². The van der Waals surface area contributed by atoms with Crippen molar-refractivity contribution >= 4 is 28.6 Å². The van der Waals surface area contributed by atoms with Crippen LogP contribution in [0.1, 0.15) is 24.8 Å². The van der Waals surface area contributed by atoms with E-state index in [0.29, 0.717) is 22.7 Å². The third kappa shape index (κ3) is 3.43. The molecule has 0 aliphatic heterocycles. The van der Waals surface area contributed by atoms with E-state index in [-0.39, 0.29) is 0 Å². The molecule has 0 amide bonds. The first-order valence-corrected chi connectivity index (χ1v) is 7.51. The van der Waals surface area contributed by atoms with Crippen LogP contribution < -0.4 is 10.1 Å². The lowest BCUT2D eigenvalue weighted by molar-refractivity contribution is 0.415. The Kier molecular flexibility index (Phi) is 4.72. The second kappa shape index (κ2) is 6.31. The minimum atomic E-state index is 0.296. The fraction of sp³-hybridized carbons (Fsp3) is 0.333. The number of hydrogen-bond acceptors (Lipinski definition) is 3. The molecule has 0 bridgehead atoms. The number of ether oxygens (including phenoxy) is 1. The van der Waals surface area contributed by atoms with E-state index in [0.717, 1.165) is 5.69 Å². The van der Waals surface area contributed by atoms with Gasteiger partial charge in [0.2, 0.25) is 0 Å². The Morgan fingerprint density at radius 1 is 1.26 bits per heavy atom. The fourth-order valence-electron chi connectivity index (χ4n) is 1.97. The number of rotatable bonds is 5. The molecule has 0 spiro atoms. The summed E-state index contributed by atoms with van der Waals surface area (Å²) in [7, 11) is 1.62. The zero-order valence-corrected chi connectivity index (χ0v) is 12.9.